The Morgan fingerprint density at radius 2 is 1.87 bits per heavy atom. The highest BCUT2D eigenvalue weighted by Gasteiger charge is 2.16. The van der Waals surface area contributed by atoms with E-state index in [2.05, 4.69) is 24.3 Å². The predicted octanol–water partition coefficient (Wildman–Crippen LogP) is 0.824. The van der Waals surface area contributed by atoms with E-state index >= 15 is 0 Å². The molecule has 0 spiro atoms. The summed E-state index contributed by atoms with van der Waals surface area (Å²) in [5.41, 5.74) is 1.38. The Bertz CT molecular complexity index is 321. The van der Waals surface area contributed by atoms with Crippen LogP contribution in [0.25, 0.3) is 0 Å². The Morgan fingerprint density at radius 3 is 2.67 bits per heavy atom. The van der Waals surface area contributed by atoms with E-state index in [9.17, 15) is 4.79 Å². The molecule has 0 amide bonds. The number of benzene rings is 1. The van der Waals surface area contributed by atoms with E-state index in [4.69, 9.17) is 0 Å². The number of Topliss-reactive ketones (excluding diaryl/α,β-unsaturated/α-hetero) is 1. The topological polar surface area (TPSA) is 21.5 Å². The summed E-state index contributed by atoms with van der Waals surface area (Å²) in [7, 11) is 0. The van der Waals surface area contributed by atoms with Crippen molar-refractivity contribution in [2.45, 2.75) is 25.8 Å². The molecule has 2 heteroatoms. The lowest BCUT2D eigenvalue weighted by molar-refractivity contribution is -0.912. The lowest BCUT2D eigenvalue weighted by Crippen LogP contribution is -3.10. The minimum absolute atomic E-state index is 0.443. The van der Waals surface area contributed by atoms with Crippen molar-refractivity contribution in [2.24, 2.45) is 0 Å². The van der Waals surface area contributed by atoms with Gasteiger partial charge < -0.3 is 4.90 Å². The van der Waals surface area contributed by atoms with Crippen molar-refractivity contribution in [1.82, 2.24) is 0 Å². The first kappa shape index (κ1) is 10.4. The molecule has 1 aromatic rings. The largest absolute Gasteiger partial charge is 0.331 e. The third kappa shape index (κ3) is 3.17. The van der Waals surface area contributed by atoms with Crippen LogP contribution >= 0.6 is 0 Å². The molecule has 1 aliphatic rings. The Labute approximate surface area is 90.9 Å². The summed E-state index contributed by atoms with van der Waals surface area (Å²) in [6, 6.07) is 10.5. The second-order valence-electron chi connectivity index (χ2n) is 4.30. The molecule has 1 atom stereocenters. The first-order chi connectivity index (χ1) is 7.34. The minimum atomic E-state index is 0.443. The van der Waals surface area contributed by atoms with Gasteiger partial charge in [-0.2, -0.15) is 0 Å². The quantitative estimate of drug-likeness (QED) is 0.757. The maximum Gasteiger partial charge on any atom is 0.138 e. The summed E-state index contributed by atoms with van der Waals surface area (Å²) in [6.07, 6.45) is 2.61. The number of rotatable bonds is 2. The van der Waals surface area contributed by atoms with Crippen molar-refractivity contribution in [3.63, 3.8) is 0 Å². The van der Waals surface area contributed by atoms with E-state index in [0.29, 0.717) is 5.78 Å². The average molecular weight is 204 g/mol. The summed E-state index contributed by atoms with van der Waals surface area (Å²) in [5.74, 6) is 0.443. The van der Waals surface area contributed by atoms with E-state index in [0.717, 1.165) is 38.9 Å². The van der Waals surface area contributed by atoms with Crippen molar-refractivity contribution in [3.8, 4) is 0 Å². The number of nitrogens with one attached hydrogen (secondary N) is 1. The third-order valence-corrected chi connectivity index (χ3v) is 3.04. The Hall–Kier alpha value is -1.15. The number of quaternary nitrogens is 1. The van der Waals surface area contributed by atoms with Crippen LogP contribution in [0.1, 0.15) is 24.8 Å². The van der Waals surface area contributed by atoms with Crippen LogP contribution in [0.3, 0.4) is 0 Å². The van der Waals surface area contributed by atoms with Gasteiger partial charge in [-0.05, 0) is 0 Å². The number of hydrogen-bond donors (Lipinski definition) is 1. The Kier molecular flexibility index (Phi) is 3.51. The van der Waals surface area contributed by atoms with Crippen LogP contribution in [0.4, 0.5) is 0 Å². The Balaban J connectivity index is 1.92. The molecule has 0 bridgehead atoms. The zero-order valence-electron chi connectivity index (χ0n) is 9.04. The van der Waals surface area contributed by atoms with Crippen LogP contribution in [-0.2, 0) is 11.3 Å². The molecule has 1 aromatic carbocycles. The molecule has 15 heavy (non-hydrogen) atoms. The molecule has 1 unspecified atom stereocenters. The molecule has 1 heterocycles. The number of ketones is 1. The molecular weight excluding hydrogens is 186 g/mol. The normalized spacial score (nSPS) is 22.4. The second kappa shape index (κ2) is 5.08. The van der Waals surface area contributed by atoms with Crippen LogP contribution in [0.5, 0.6) is 0 Å². The third-order valence-electron chi connectivity index (χ3n) is 3.04. The molecule has 2 nitrogen and oxygen atoms in total. The van der Waals surface area contributed by atoms with Gasteiger partial charge in [0.2, 0.25) is 0 Å². The van der Waals surface area contributed by atoms with Crippen molar-refractivity contribution in [1.29, 1.82) is 0 Å². The average Bonchev–Trinajstić information content (AvgIpc) is 2.46. The molecule has 2 rings (SSSR count). The summed E-state index contributed by atoms with van der Waals surface area (Å²) in [5, 5.41) is 0. The second-order valence-corrected chi connectivity index (χ2v) is 4.30. The number of likely N-dealkylation sites (tertiary alicyclic amines) is 1. The van der Waals surface area contributed by atoms with Gasteiger partial charge in [0, 0.05) is 18.4 Å². The van der Waals surface area contributed by atoms with Gasteiger partial charge in [-0.3, -0.25) is 4.79 Å². The molecule has 1 aliphatic heterocycles. The molecular formula is C13H18NO+. The van der Waals surface area contributed by atoms with Crippen LogP contribution in [0, 0.1) is 0 Å². The molecule has 0 aliphatic carbocycles. The summed E-state index contributed by atoms with van der Waals surface area (Å²) in [6.45, 7) is 3.21. The van der Waals surface area contributed by atoms with Gasteiger partial charge in [0.1, 0.15) is 12.3 Å². The van der Waals surface area contributed by atoms with E-state index in [1.165, 1.54) is 5.56 Å². The van der Waals surface area contributed by atoms with E-state index in [1.807, 2.05) is 6.07 Å². The Morgan fingerprint density at radius 1 is 1.07 bits per heavy atom. The number of carbonyl (C=O) groups is 1. The zero-order valence-corrected chi connectivity index (χ0v) is 9.04. The highest BCUT2D eigenvalue weighted by Crippen LogP contribution is 1.99. The first-order valence-electron chi connectivity index (χ1n) is 5.74. The van der Waals surface area contributed by atoms with Gasteiger partial charge in [-0.25, -0.2) is 0 Å². The molecule has 0 saturated carbocycles. The highest BCUT2D eigenvalue weighted by atomic mass is 16.1. The highest BCUT2D eigenvalue weighted by molar-refractivity contribution is 5.78. The monoisotopic (exact) mass is 204 g/mol. The van der Waals surface area contributed by atoms with Crippen molar-refractivity contribution < 1.29 is 9.69 Å². The molecule has 0 radical (unpaired) electrons. The van der Waals surface area contributed by atoms with Gasteiger partial charge in [-0.1, -0.05) is 30.3 Å². The lowest BCUT2D eigenvalue weighted by atomic mass is 10.2. The van der Waals surface area contributed by atoms with Crippen LogP contribution in [0.2, 0.25) is 0 Å². The fourth-order valence-corrected chi connectivity index (χ4v) is 2.16. The van der Waals surface area contributed by atoms with Gasteiger partial charge in [0.25, 0.3) is 0 Å². The molecule has 0 aromatic heterocycles. The molecule has 1 N–H and O–H groups in total. The number of carbonyl (C=O) groups excluding carboxylic acids is 1. The van der Waals surface area contributed by atoms with Crippen molar-refractivity contribution in [2.75, 3.05) is 13.1 Å². The number of hydrogen-bond acceptors (Lipinski definition) is 1. The van der Waals surface area contributed by atoms with Crippen LogP contribution in [0.15, 0.2) is 30.3 Å². The summed E-state index contributed by atoms with van der Waals surface area (Å²) < 4.78 is 0. The van der Waals surface area contributed by atoms with Crippen LogP contribution in [-0.4, -0.2) is 18.9 Å². The molecule has 80 valence electrons. The van der Waals surface area contributed by atoms with Gasteiger partial charge in [0.15, 0.2) is 0 Å². The fraction of sp³-hybridized carbons (Fsp3) is 0.462. The van der Waals surface area contributed by atoms with Crippen LogP contribution < -0.4 is 4.90 Å². The van der Waals surface area contributed by atoms with E-state index < -0.39 is 0 Å². The predicted molar refractivity (Wildman–Crippen MR) is 59.7 cm³/mol. The summed E-state index contributed by atoms with van der Waals surface area (Å²) in [4.78, 5) is 12.8. The van der Waals surface area contributed by atoms with E-state index in [1.54, 1.807) is 4.90 Å². The van der Waals surface area contributed by atoms with Crippen molar-refractivity contribution >= 4 is 5.78 Å². The first-order valence-corrected chi connectivity index (χ1v) is 5.74. The summed E-state index contributed by atoms with van der Waals surface area (Å²) >= 11 is 0. The van der Waals surface area contributed by atoms with Gasteiger partial charge >= 0.3 is 0 Å². The van der Waals surface area contributed by atoms with Gasteiger partial charge in [0.05, 0.1) is 19.5 Å². The fourth-order valence-electron chi connectivity index (χ4n) is 2.16. The van der Waals surface area contributed by atoms with E-state index in [-0.39, 0.29) is 0 Å². The molecule has 1 saturated heterocycles. The van der Waals surface area contributed by atoms with Crippen molar-refractivity contribution in [3.05, 3.63) is 35.9 Å². The smallest absolute Gasteiger partial charge is 0.138 e. The SMILES string of the molecule is O=C1CCC[NH+](Cc2ccccc2)CC1. The maximum absolute atomic E-state index is 11.3. The minimum Gasteiger partial charge on any atom is -0.331 e. The van der Waals surface area contributed by atoms with Gasteiger partial charge in [-0.15, -0.1) is 0 Å². The maximum atomic E-state index is 11.3. The lowest BCUT2D eigenvalue weighted by Gasteiger charge is -2.16. The standard InChI is InChI=1S/C13H17NO/c15-13-7-4-9-14(10-8-13)11-12-5-2-1-3-6-12/h1-3,5-6H,4,7-11H2/p+1. The zero-order chi connectivity index (χ0) is 10.5. The molecule has 1 fully saturated rings.